The summed E-state index contributed by atoms with van der Waals surface area (Å²) >= 11 is 1.41. The Labute approximate surface area is 139 Å². The molecule has 0 bridgehead atoms. The van der Waals surface area contributed by atoms with Crippen molar-refractivity contribution in [3.8, 4) is 0 Å². The lowest BCUT2D eigenvalue weighted by Crippen LogP contribution is -2.36. The van der Waals surface area contributed by atoms with Gasteiger partial charge in [-0.2, -0.15) is 0 Å². The Morgan fingerprint density at radius 2 is 2.30 bits per heavy atom. The molecule has 2 aliphatic heterocycles. The molecule has 1 aromatic rings. The van der Waals surface area contributed by atoms with E-state index < -0.39 is 0 Å². The number of likely N-dealkylation sites (tertiary alicyclic amines) is 1. The molecule has 3 fully saturated rings. The quantitative estimate of drug-likeness (QED) is 0.891. The highest BCUT2D eigenvalue weighted by Gasteiger charge is 2.49. The molecule has 2 saturated heterocycles. The SMILES string of the molecule is C[C@@H]1C[C@@H]1C(=O)N1C[C@@H]2[C@@H](CNC(=O)c3cscn3)CO[C@@H]2C1. The molecule has 2 amide bonds. The van der Waals surface area contributed by atoms with Crippen LogP contribution in [0.15, 0.2) is 10.9 Å². The summed E-state index contributed by atoms with van der Waals surface area (Å²) in [4.78, 5) is 30.3. The number of aromatic nitrogens is 1. The van der Waals surface area contributed by atoms with Crippen LogP contribution >= 0.6 is 11.3 Å². The molecule has 0 radical (unpaired) electrons. The molecule has 1 aromatic heterocycles. The zero-order valence-corrected chi connectivity index (χ0v) is 13.9. The van der Waals surface area contributed by atoms with Gasteiger partial charge in [-0.25, -0.2) is 4.98 Å². The molecule has 3 aliphatic rings. The van der Waals surface area contributed by atoms with Crippen LogP contribution in [0, 0.1) is 23.7 Å². The van der Waals surface area contributed by atoms with Crippen LogP contribution < -0.4 is 5.32 Å². The summed E-state index contributed by atoms with van der Waals surface area (Å²) in [7, 11) is 0. The van der Waals surface area contributed by atoms with Gasteiger partial charge in [0.1, 0.15) is 5.69 Å². The number of carbonyl (C=O) groups is 2. The van der Waals surface area contributed by atoms with Crippen LogP contribution in [0.4, 0.5) is 0 Å². The minimum absolute atomic E-state index is 0.132. The number of nitrogens with zero attached hydrogens (tertiary/aromatic N) is 2. The highest BCUT2D eigenvalue weighted by Crippen LogP contribution is 2.41. The van der Waals surface area contributed by atoms with Crippen molar-refractivity contribution in [3.63, 3.8) is 0 Å². The van der Waals surface area contributed by atoms with Crippen LogP contribution in [0.1, 0.15) is 23.8 Å². The summed E-state index contributed by atoms with van der Waals surface area (Å²) in [6.07, 6.45) is 1.16. The molecule has 0 spiro atoms. The van der Waals surface area contributed by atoms with Gasteiger partial charge in [0.2, 0.25) is 5.91 Å². The maximum Gasteiger partial charge on any atom is 0.270 e. The average molecular weight is 335 g/mol. The Morgan fingerprint density at radius 1 is 1.48 bits per heavy atom. The number of amides is 2. The number of carbonyl (C=O) groups excluding carboxylic acids is 2. The molecule has 3 heterocycles. The Balaban J connectivity index is 1.31. The summed E-state index contributed by atoms with van der Waals surface area (Å²) in [6, 6.07) is 0. The predicted molar refractivity (Wildman–Crippen MR) is 85.0 cm³/mol. The van der Waals surface area contributed by atoms with Crippen LogP contribution in [0.25, 0.3) is 0 Å². The summed E-state index contributed by atoms with van der Waals surface area (Å²) < 4.78 is 5.86. The van der Waals surface area contributed by atoms with Gasteiger partial charge < -0.3 is 15.0 Å². The van der Waals surface area contributed by atoms with Crippen molar-refractivity contribution < 1.29 is 14.3 Å². The van der Waals surface area contributed by atoms with Gasteiger partial charge in [-0.3, -0.25) is 9.59 Å². The van der Waals surface area contributed by atoms with E-state index in [2.05, 4.69) is 17.2 Å². The van der Waals surface area contributed by atoms with E-state index in [9.17, 15) is 9.59 Å². The molecule has 0 aromatic carbocycles. The summed E-state index contributed by atoms with van der Waals surface area (Å²) in [5, 5.41) is 4.69. The van der Waals surface area contributed by atoms with Crippen LogP contribution in [-0.2, 0) is 9.53 Å². The van der Waals surface area contributed by atoms with Crippen molar-refractivity contribution in [3.05, 3.63) is 16.6 Å². The molecule has 7 heteroatoms. The zero-order valence-electron chi connectivity index (χ0n) is 13.1. The van der Waals surface area contributed by atoms with Crippen LogP contribution in [0.2, 0.25) is 0 Å². The van der Waals surface area contributed by atoms with Crippen molar-refractivity contribution in [1.82, 2.24) is 15.2 Å². The van der Waals surface area contributed by atoms with Gasteiger partial charge in [0.25, 0.3) is 5.91 Å². The van der Waals surface area contributed by atoms with Gasteiger partial charge in [0.05, 0.1) is 18.2 Å². The number of rotatable bonds is 4. The zero-order chi connectivity index (χ0) is 16.0. The summed E-state index contributed by atoms with van der Waals surface area (Å²) in [5.74, 6) is 1.54. The van der Waals surface area contributed by atoms with Crippen molar-refractivity contribution in [1.29, 1.82) is 0 Å². The highest BCUT2D eigenvalue weighted by molar-refractivity contribution is 7.07. The van der Waals surface area contributed by atoms with Gasteiger partial charge in [-0.1, -0.05) is 6.92 Å². The van der Waals surface area contributed by atoms with E-state index in [1.807, 2.05) is 4.90 Å². The maximum atomic E-state index is 12.4. The third kappa shape index (κ3) is 2.87. The third-order valence-corrected chi connectivity index (χ3v) is 5.95. The Kier molecular flexibility index (Phi) is 3.85. The van der Waals surface area contributed by atoms with E-state index in [0.717, 1.165) is 13.0 Å². The molecule has 0 unspecified atom stereocenters. The third-order valence-electron chi connectivity index (χ3n) is 5.37. The van der Waals surface area contributed by atoms with Gasteiger partial charge >= 0.3 is 0 Å². The molecule has 1 aliphatic carbocycles. The summed E-state index contributed by atoms with van der Waals surface area (Å²) in [6.45, 7) is 4.86. The first-order valence-electron chi connectivity index (χ1n) is 8.20. The Hall–Kier alpha value is -1.47. The topological polar surface area (TPSA) is 71.5 Å². The van der Waals surface area contributed by atoms with E-state index in [1.165, 1.54) is 11.3 Å². The van der Waals surface area contributed by atoms with Gasteiger partial charge in [-0.05, 0) is 12.3 Å². The number of ether oxygens (including phenoxy) is 1. The molecule has 23 heavy (non-hydrogen) atoms. The number of hydrogen-bond acceptors (Lipinski definition) is 5. The van der Waals surface area contributed by atoms with E-state index in [-0.39, 0.29) is 23.8 Å². The normalized spacial score (nSPS) is 35.2. The fourth-order valence-electron chi connectivity index (χ4n) is 3.73. The first kappa shape index (κ1) is 15.1. The molecular weight excluding hydrogens is 314 g/mol. The van der Waals surface area contributed by atoms with Crippen LogP contribution in [0.5, 0.6) is 0 Å². The second-order valence-electron chi connectivity index (χ2n) is 6.94. The number of nitrogens with one attached hydrogen (secondary N) is 1. The second-order valence-corrected chi connectivity index (χ2v) is 7.66. The number of fused-ring (bicyclic) bond motifs is 1. The largest absolute Gasteiger partial charge is 0.376 e. The molecule has 6 nitrogen and oxygen atoms in total. The van der Waals surface area contributed by atoms with Crippen molar-refractivity contribution in [2.24, 2.45) is 23.7 Å². The van der Waals surface area contributed by atoms with Crippen LogP contribution in [-0.4, -0.2) is 54.0 Å². The molecule has 4 rings (SSSR count). The smallest absolute Gasteiger partial charge is 0.270 e. The first-order valence-corrected chi connectivity index (χ1v) is 9.14. The van der Waals surface area contributed by atoms with Crippen molar-refractivity contribution in [2.75, 3.05) is 26.2 Å². The average Bonchev–Trinajstić information content (AvgIpc) is 2.99. The maximum absolute atomic E-state index is 12.4. The lowest BCUT2D eigenvalue weighted by atomic mass is 9.93. The minimum atomic E-state index is -0.132. The molecule has 124 valence electrons. The van der Waals surface area contributed by atoms with Crippen LogP contribution in [0.3, 0.4) is 0 Å². The number of hydrogen-bond donors (Lipinski definition) is 1. The highest BCUT2D eigenvalue weighted by atomic mass is 32.1. The van der Waals surface area contributed by atoms with E-state index in [0.29, 0.717) is 43.1 Å². The number of thiazole rings is 1. The molecule has 1 N–H and O–H groups in total. The minimum Gasteiger partial charge on any atom is -0.376 e. The van der Waals surface area contributed by atoms with E-state index in [4.69, 9.17) is 4.74 Å². The van der Waals surface area contributed by atoms with Gasteiger partial charge in [0, 0.05) is 42.8 Å². The van der Waals surface area contributed by atoms with Gasteiger partial charge in [0.15, 0.2) is 0 Å². The van der Waals surface area contributed by atoms with Crippen molar-refractivity contribution >= 4 is 23.2 Å². The van der Waals surface area contributed by atoms with E-state index >= 15 is 0 Å². The second kappa shape index (κ2) is 5.87. The predicted octanol–water partition coefficient (Wildman–Crippen LogP) is 1.00. The first-order chi connectivity index (χ1) is 11.1. The molecule has 5 atom stereocenters. The van der Waals surface area contributed by atoms with E-state index in [1.54, 1.807) is 10.9 Å². The fraction of sp³-hybridized carbons (Fsp3) is 0.688. The van der Waals surface area contributed by atoms with Gasteiger partial charge in [-0.15, -0.1) is 11.3 Å². The lowest BCUT2D eigenvalue weighted by Gasteiger charge is -2.20. The monoisotopic (exact) mass is 335 g/mol. The lowest BCUT2D eigenvalue weighted by molar-refractivity contribution is -0.132. The standard InChI is InChI=1S/C16H21N3O3S/c1-9-2-11(9)16(21)19-4-12-10(6-22-14(12)5-19)3-17-15(20)13-7-23-8-18-13/h7-12,14H,2-6H2,1H3,(H,17,20)/t9-,10+,11+,12-,14-/m1/s1. The Bertz CT molecular complexity index is 606. The fourth-order valence-corrected chi connectivity index (χ4v) is 4.26. The Morgan fingerprint density at radius 3 is 3.00 bits per heavy atom. The van der Waals surface area contributed by atoms with Crippen molar-refractivity contribution in [2.45, 2.75) is 19.4 Å². The summed E-state index contributed by atoms with van der Waals surface area (Å²) in [5.41, 5.74) is 2.12. The molecular formula is C16H21N3O3S. The molecule has 1 saturated carbocycles.